The molecule has 0 radical (unpaired) electrons. The minimum atomic E-state index is 0.401. The van der Waals surface area contributed by atoms with Crippen LogP contribution in [0.15, 0.2) is 0 Å². The number of ether oxygens (including phenoxy) is 3. The lowest BCUT2D eigenvalue weighted by Crippen LogP contribution is -2.05. The molecule has 0 amide bonds. The standard InChI is InChI=1S/C10H18O3S/c1(3-11-5-9-6-13-9)2-4-12-7-10-8-14-10/h9-10H,1-8H2. The van der Waals surface area contributed by atoms with Crippen molar-refractivity contribution in [3.8, 4) is 0 Å². The van der Waals surface area contributed by atoms with E-state index in [1.807, 2.05) is 11.8 Å². The fourth-order valence-electron chi connectivity index (χ4n) is 1.17. The van der Waals surface area contributed by atoms with Crippen molar-refractivity contribution in [3.63, 3.8) is 0 Å². The monoisotopic (exact) mass is 218 g/mol. The van der Waals surface area contributed by atoms with Crippen LogP contribution >= 0.6 is 11.8 Å². The van der Waals surface area contributed by atoms with Gasteiger partial charge in [0.2, 0.25) is 0 Å². The zero-order valence-corrected chi connectivity index (χ0v) is 9.26. The van der Waals surface area contributed by atoms with Crippen molar-refractivity contribution in [1.82, 2.24) is 0 Å². The fraction of sp³-hybridized carbons (Fsp3) is 1.00. The van der Waals surface area contributed by atoms with Crippen molar-refractivity contribution in [1.29, 1.82) is 0 Å². The summed E-state index contributed by atoms with van der Waals surface area (Å²) in [6, 6.07) is 0. The largest absolute Gasteiger partial charge is 0.380 e. The van der Waals surface area contributed by atoms with Crippen LogP contribution in [0, 0.1) is 0 Å². The van der Waals surface area contributed by atoms with Gasteiger partial charge >= 0.3 is 0 Å². The first-order chi connectivity index (χ1) is 6.95. The Bertz CT molecular complexity index is 139. The Balaban J connectivity index is 1.25. The number of rotatable bonds is 9. The molecule has 0 aliphatic carbocycles. The molecule has 3 nitrogen and oxygen atoms in total. The first kappa shape index (κ1) is 10.7. The van der Waals surface area contributed by atoms with Gasteiger partial charge in [0.1, 0.15) is 6.10 Å². The van der Waals surface area contributed by atoms with E-state index in [4.69, 9.17) is 14.2 Å². The van der Waals surface area contributed by atoms with Crippen molar-refractivity contribution < 1.29 is 14.2 Å². The molecule has 2 rings (SSSR count). The molecule has 2 aliphatic heterocycles. The summed E-state index contributed by atoms with van der Waals surface area (Å²) < 4.78 is 15.9. The molecule has 2 saturated heterocycles. The summed E-state index contributed by atoms with van der Waals surface area (Å²) in [5, 5.41) is 0.804. The number of unbranched alkanes of at least 4 members (excludes halogenated alkanes) is 1. The van der Waals surface area contributed by atoms with Gasteiger partial charge in [-0.25, -0.2) is 0 Å². The van der Waals surface area contributed by atoms with Gasteiger partial charge in [0.25, 0.3) is 0 Å². The molecule has 4 heteroatoms. The van der Waals surface area contributed by atoms with E-state index in [2.05, 4.69) is 0 Å². The van der Waals surface area contributed by atoms with Gasteiger partial charge in [-0.2, -0.15) is 11.8 Å². The smallest absolute Gasteiger partial charge is 0.104 e. The molecule has 0 bridgehead atoms. The lowest BCUT2D eigenvalue weighted by molar-refractivity contribution is 0.0965. The maximum Gasteiger partial charge on any atom is 0.104 e. The Kier molecular flexibility index (Phi) is 4.57. The van der Waals surface area contributed by atoms with E-state index in [0.29, 0.717) is 6.10 Å². The van der Waals surface area contributed by atoms with E-state index in [1.165, 1.54) is 5.75 Å². The lowest BCUT2D eigenvalue weighted by Gasteiger charge is -2.03. The molecule has 2 heterocycles. The number of hydrogen-bond acceptors (Lipinski definition) is 4. The molecule has 82 valence electrons. The Morgan fingerprint density at radius 3 is 2.36 bits per heavy atom. The number of epoxide rings is 1. The van der Waals surface area contributed by atoms with E-state index in [-0.39, 0.29) is 0 Å². The van der Waals surface area contributed by atoms with Crippen LogP contribution in [0.25, 0.3) is 0 Å². The van der Waals surface area contributed by atoms with Crippen molar-refractivity contribution in [2.75, 3.05) is 38.8 Å². The Hall–Kier alpha value is 0.230. The summed E-state index contributed by atoms with van der Waals surface area (Å²) in [6.45, 7) is 4.35. The first-order valence-electron chi connectivity index (χ1n) is 5.34. The van der Waals surface area contributed by atoms with Gasteiger partial charge in [-0.15, -0.1) is 0 Å². The molecule has 0 spiro atoms. The van der Waals surface area contributed by atoms with Crippen LogP contribution in [-0.4, -0.2) is 50.1 Å². The average Bonchev–Trinajstić information content (AvgIpc) is 3.00. The predicted molar refractivity (Wildman–Crippen MR) is 56.9 cm³/mol. The van der Waals surface area contributed by atoms with Gasteiger partial charge in [0, 0.05) is 24.2 Å². The maximum atomic E-state index is 5.50. The van der Waals surface area contributed by atoms with Gasteiger partial charge < -0.3 is 14.2 Å². The molecule has 2 aliphatic rings. The SMILES string of the molecule is C(CCOCC1CS1)COCC1CO1. The number of hydrogen-bond donors (Lipinski definition) is 0. The highest BCUT2D eigenvalue weighted by Gasteiger charge is 2.22. The lowest BCUT2D eigenvalue weighted by atomic mass is 10.3. The zero-order valence-electron chi connectivity index (χ0n) is 8.44. The summed E-state index contributed by atoms with van der Waals surface area (Å²) in [7, 11) is 0. The summed E-state index contributed by atoms with van der Waals surface area (Å²) >= 11 is 1.99. The maximum absolute atomic E-state index is 5.50. The zero-order chi connectivity index (χ0) is 9.64. The van der Waals surface area contributed by atoms with Crippen molar-refractivity contribution in [3.05, 3.63) is 0 Å². The van der Waals surface area contributed by atoms with Crippen LogP contribution in [0.3, 0.4) is 0 Å². The molecule has 0 saturated carbocycles. The topological polar surface area (TPSA) is 31.0 Å². The molecule has 0 aromatic rings. The molecule has 14 heavy (non-hydrogen) atoms. The molecule has 2 unspecified atom stereocenters. The third-order valence-electron chi connectivity index (χ3n) is 2.24. The molecular weight excluding hydrogens is 200 g/mol. The van der Waals surface area contributed by atoms with Crippen LogP contribution in [0.4, 0.5) is 0 Å². The Labute approximate surface area is 89.5 Å². The van der Waals surface area contributed by atoms with Crippen molar-refractivity contribution in [2.24, 2.45) is 0 Å². The van der Waals surface area contributed by atoms with Crippen LogP contribution in [0.5, 0.6) is 0 Å². The fourth-order valence-corrected chi connectivity index (χ4v) is 1.59. The van der Waals surface area contributed by atoms with Gasteiger partial charge in [0.05, 0.1) is 19.8 Å². The van der Waals surface area contributed by atoms with Crippen molar-refractivity contribution in [2.45, 2.75) is 24.2 Å². The predicted octanol–water partition coefficient (Wildman–Crippen LogP) is 1.31. The van der Waals surface area contributed by atoms with Gasteiger partial charge in [0.15, 0.2) is 0 Å². The molecule has 0 aromatic carbocycles. The van der Waals surface area contributed by atoms with E-state index in [9.17, 15) is 0 Å². The summed E-state index contributed by atoms with van der Waals surface area (Å²) in [4.78, 5) is 0. The van der Waals surface area contributed by atoms with Gasteiger partial charge in [-0.1, -0.05) is 0 Å². The first-order valence-corrected chi connectivity index (χ1v) is 6.39. The third-order valence-corrected chi connectivity index (χ3v) is 3.18. The summed E-state index contributed by atoms with van der Waals surface area (Å²) in [5.41, 5.74) is 0. The molecule has 2 atom stereocenters. The highest BCUT2D eigenvalue weighted by atomic mass is 32.2. The van der Waals surface area contributed by atoms with Gasteiger partial charge in [-0.3, -0.25) is 0 Å². The van der Waals surface area contributed by atoms with Crippen LogP contribution in [0.1, 0.15) is 12.8 Å². The van der Waals surface area contributed by atoms with E-state index in [1.54, 1.807) is 0 Å². The highest BCUT2D eigenvalue weighted by Crippen LogP contribution is 2.29. The van der Waals surface area contributed by atoms with Crippen LogP contribution in [-0.2, 0) is 14.2 Å². The average molecular weight is 218 g/mol. The van der Waals surface area contributed by atoms with E-state index < -0.39 is 0 Å². The minimum absolute atomic E-state index is 0.401. The number of thioether (sulfide) groups is 1. The van der Waals surface area contributed by atoms with E-state index >= 15 is 0 Å². The second kappa shape index (κ2) is 5.95. The molecule has 0 N–H and O–H groups in total. The van der Waals surface area contributed by atoms with Crippen LogP contribution in [0.2, 0.25) is 0 Å². The van der Waals surface area contributed by atoms with E-state index in [0.717, 1.165) is 51.1 Å². The molecule has 2 fully saturated rings. The second-order valence-corrected chi connectivity index (χ2v) is 5.10. The molecule has 0 aromatic heterocycles. The highest BCUT2D eigenvalue weighted by molar-refractivity contribution is 8.06. The second-order valence-electron chi connectivity index (χ2n) is 3.77. The Morgan fingerprint density at radius 2 is 1.79 bits per heavy atom. The third kappa shape index (κ3) is 5.20. The normalized spacial score (nSPS) is 29.1. The minimum Gasteiger partial charge on any atom is -0.380 e. The molecular formula is C10H18O3S. The van der Waals surface area contributed by atoms with Crippen LogP contribution < -0.4 is 0 Å². The Morgan fingerprint density at radius 1 is 1.14 bits per heavy atom. The summed E-state index contributed by atoms with van der Waals surface area (Å²) in [5.74, 6) is 1.30. The van der Waals surface area contributed by atoms with Gasteiger partial charge in [-0.05, 0) is 12.8 Å². The van der Waals surface area contributed by atoms with Crippen molar-refractivity contribution >= 4 is 11.8 Å². The quantitative estimate of drug-likeness (QED) is 0.431. The summed E-state index contributed by atoms with van der Waals surface area (Å²) in [6.07, 6.45) is 2.62.